The maximum atomic E-state index is 5.63. The van der Waals surface area contributed by atoms with Gasteiger partial charge in [0.1, 0.15) is 0 Å². The number of nitrogens with one attached hydrogen (secondary N) is 1. The molecule has 1 aliphatic rings. The summed E-state index contributed by atoms with van der Waals surface area (Å²) in [6, 6.07) is 2.50. The van der Waals surface area contributed by atoms with Crippen molar-refractivity contribution in [1.29, 1.82) is 0 Å². The lowest BCUT2D eigenvalue weighted by Gasteiger charge is -2.15. The van der Waals surface area contributed by atoms with Crippen molar-refractivity contribution in [3.63, 3.8) is 0 Å². The van der Waals surface area contributed by atoms with Crippen molar-refractivity contribution in [1.82, 2.24) is 5.43 Å². The molecule has 1 saturated heterocycles. The first kappa shape index (κ1) is 13.7. The smallest absolute Gasteiger partial charge is 0.0656 e. The molecule has 0 radical (unpaired) electrons. The minimum atomic E-state index is 0.288. The normalized spacial score (nSPS) is 21.9. The molecule has 0 saturated carbocycles. The number of hydrazine groups is 1. The van der Waals surface area contributed by atoms with E-state index in [0.717, 1.165) is 13.0 Å². The molecule has 3 N–H and O–H groups in total. The Labute approximate surface area is 120 Å². The summed E-state index contributed by atoms with van der Waals surface area (Å²) in [6.07, 6.45) is 6.38. The molecule has 0 aromatic carbocycles. The van der Waals surface area contributed by atoms with Crippen LogP contribution >= 0.6 is 33.9 Å². The van der Waals surface area contributed by atoms with E-state index in [1.165, 1.54) is 34.1 Å². The van der Waals surface area contributed by atoms with E-state index in [0.29, 0.717) is 6.10 Å². The fourth-order valence-corrected chi connectivity index (χ4v) is 3.70. The van der Waals surface area contributed by atoms with Crippen LogP contribution in [0, 0.1) is 2.88 Å². The lowest BCUT2D eigenvalue weighted by atomic mass is 10.0. The summed E-state index contributed by atoms with van der Waals surface area (Å²) in [5, 5.41) is 2.19. The van der Waals surface area contributed by atoms with Gasteiger partial charge in [-0.25, -0.2) is 0 Å². The van der Waals surface area contributed by atoms with Crippen LogP contribution in [0.15, 0.2) is 11.4 Å². The van der Waals surface area contributed by atoms with Gasteiger partial charge >= 0.3 is 0 Å². The number of rotatable bonds is 6. The van der Waals surface area contributed by atoms with Crippen molar-refractivity contribution in [3.05, 3.63) is 19.9 Å². The molecule has 0 amide bonds. The Morgan fingerprint density at radius 2 is 2.53 bits per heavy atom. The zero-order chi connectivity index (χ0) is 12.1. The van der Waals surface area contributed by atoms with E-state index in [1.807, 2.05) is 0 Å². The summed E-state index contributed by atoms with van der Waals surface area (Å²) < 4.78 is 6.94. The minimum absolute atomic E-state index is 0.288. The quantitative estimate of drug-likeness (QED) is 0.462. The van der Waals surface area contributed by atoms with E-state index in [1.54, 1.807) is 11.3 Å². The fraction of sp³-hybridized carbons (Fsp3) is 0.667. The molecule has 2 unspecified atom stereocenters. The number of thiophene rings is 1. The van der Waals surface area contributed by atoms with Gasteiger partial charge in [0.2, 0.25) is 0 Å². The molecule has 0 spiro atoms. The Morgan fingerprint density at radius 1 is 1.65 bits per heavy atom. The Kier molecular flexibility index (Phi) is 5.68. The number of nitrogens with two attached hydrogens (primary N) is 1. The lowest BCUT2D eigenvalue weighted by molar-refractivity contribution is 0.101. The third-order valence-corrected chi connectivity index (χ3v) is 5.04. The van der Waals surface area contributed by atoms with Gasteiger partial charge in [-0.15, -0.1) is 11.3 Å². The molecule has 0 bridgehead atoms. The molecule has 96 valence electrons. The Hall–Kier alpha value is 0.310. The van der Waals surface area contributed by atoms with Crippen molar-refractivity contribution >= 4 is 33.9 Å². The van der Waals surface area contributed by atoms with Crippen LogP contribution < -0.4 is 11.3 Å². The fourth-order valence-electron chi connectivity index (χ4n) is 2.27. The number of hydrogen-bond donors (Lipinski definition) is 2. The highest BCUT2D eigenvalue weighted by molar-refractivity contribution is 14.1. The molecule has 1 aromatic heterocycles. The van der Waals surface area contributed by atoms with Crippen LogP contribution in [0.3, 0.4) is 0 Å². The summed E-state index contributed by atoms with van der Waals surface area (Å²) in [5.74, 6) is 5.63. The highest BCUT2D eigenvalue weighted by Crippen LogP contribution is 2.26. The van der Waals surface area contributed by atoms with Gasteiger partial charge in [0.25, 0.3) is 0 Å². The van der Waals surface area contributed by atoms with Crippen molar-refractivity contribution in [2.75, 3.05) is 6.61 Å². The van der Waals surface area contributed by atoms with Gasteiger partial charge in [0.05, 0.1) is 8.99 Å². The molecule has 1 aliphatic heterocycles. The second-order valence-corrected chi connectivity index (χ2v) is 7.27. The largest absolute Gasteiger partial charge is 0.378 e. The molecule has 17 heavy (non-hydrogen) atoms. The number of hydrogen-bond acceptors (Lipinski definition) is 4. The summed E-state index contributed by atoms with van der Waals surface area (Å²) in [4.78, 5) is 0. The molecule has 0 aliphatic carbocycles. The topological polar surface area (TPSA) is 47.3 Å². The Morgan fingerprint density at radius 3 is 3.12 bits per heavy atom. The number of halogens is 1. The van der Waals surface area contributed by atoms with Crippen molar-refractivity contribution in [2.24, 2.45) is 5.84 Å². The lowest BCUT2D eigenvalue weighted by Crippen LogP contribution is -2.27. The maximum Gasteiger partial charge on any atom is 0.0656 e. The first-order valence-corrected chi connectivity index (χ1v) is 8.07. The summed E-state index contributed by atoms with van der Waals surface area (Å²) in [6.45, 7) is 0.950. The van der Waals surface area contributed by atoms with E-state index < -0.39 is 0 Å². The van der Waals surface area contributed by atoms with Gasteiger partial charge in [-0.1, -0.05) is 0 Å². The van der Waals surface area contributed by atoms with Gasteiger partial charge in [0.15, 0.2) is 0 Å². The van der Waals surface area contributed by atoms with Crippen molar-refractivity contribution in [3.8, 4) is 0 Å². The minimum Gasteiger partial charge on any atom is -0.378 e. The van der Waals surface area contributed by atoms with E-state index >= 15 is 0 Å². The van der Waals surface area contributed by atoms with E-state index in [4.69, 9.17) is 10.6 Å². The highest BCUT2D eigenvalue weighted by Gasteiger charge is 2.17. The van der Waals surface area contributed by atoms with Gasteiger partial charge in [-0.2, -0.15) is 0 Å². The first-order valence-electron chi connectivity index (χ1n) is 6.11. The average Bonchev–Trinajstić information content (AvgIpc) is 2.96. The van der Waals surface area contributed by atoms with Crippen LogP contribution in [0.5, 0.6) is 0 Å². The second kappa shape index (κ2) is 7.04. The van der Waals surface area contributed by atoms with Gasteiger partial charge < -0.3 is 4.74 Å². The van der Waals surface area contributed by atoms with Crippen LogP contribution in [-0.4, -0.2) is 12.7 Å². The zero-order valence-corrected chi connectivity index (χ0v) is 12.8. The second-order valence-electron chi connectivity index (χ2n) is 4.47. The summed E-state index contributed by atoms with van der Waals surface area (Å²) in [5.41, 5.74) is 4.23. The Balaban J connectivity index is 1.75. The summed E-state index contributed by atoms with van der Waals surface area (Å²) >= 11 is 4.12. The highest BCUT2D eigenvalue weighted by atomic mass is 127. The third kappa shape index (κ3) is 4.17. The van der Waals surface area contributed by atoms with Gasteiger partial charge in [-0.05, 0) is 71.7 Å². The molecule has 5 heteroatoms. The van der Waals surface area contributed by atoms with Crippen molar-refractivity contribution < 1.29 is 4.74 Å². The molecule has 2 rings (SSSR count). The molecule has 3 nitrogen and oxygen atoms in total. The van der Waals surface area contributed by atoms with Crippen LogP contribution in [0.1, 0.15) is 43.7 Å². The van der Waals surface area contributed by atoms with Crippen molar-refractivity contribution in [2.45, 2.75) is 44.2 Å². The number of ether oxygens (including phenoxy) is 1. The molecular formula is C12H19IN2OS. The SMILES string of the molecule is NNC(CCCC1CCCO1)c1csc(I)c1. The predicted octanol–water partition coefficient (Wildman–Crippen LogP) is 3.21. The van der Waals surface area contributed by atoms with Gasteiger partial charge in [0, 0.05) is 12.6 Å². The first-order chi connectivity index (χ1) is 8.29. The summed E-state index contributed by atoms with van der Waals surface area (Å²) in [7, 11) is 0. The van der Waals surface area contributed by atoms with Crippen LogP contribution in [0.25, 0.3) is 0 Å². The third-order valence-electron chi connectivity index (χ3n) is 3.23. The standard InChI is InChI=1S/C12H19IN2OS/c13-12-7-9(8-17-12)11(15-14)5-1-3-10-4-2-6-16-10/h7-8,10-11,15H,1-6,14H2. The molecule has 1 aromatic rings. The van der Waals surface area contributed by atoms with Crippen LogP contribution in [0.2, 0.25) is 0 Å². The van der Waals surface area contributed by atoms with Crippen LogP contribution in [0.4, 0.5) is 0 Å². The maximum absolute atomic E-state index is 5.63. The van der Waals surface area contributed by atoms with E-state index in [2.05, 4.69) is 39.5 Å². The molecule has 1 fully saturated rings. The Bertz CT molecular complexity index is 339. The molecule has 2 atom stereocenters. The predicted molar refractivity (Wildman–Crippen MR) is 79.9 cm³/mol. The average molecular weight is 366 g/mol. The monoisotopic (exact) mass is 366 g/mol. The van der Waals surface area contributed by atoms with Gasteiger partial charge in [-0.3, -0.25) is 11.3 Å². The van der Waals surface area contributed by atoms with E-state index in [-0.39, 0.29) is 6.04 Å². The molecular weight excluding hydrogens is 347 g/mol. The van der Waals surface area contributed by atoms with E-state index in [9.17, 15) is 0 Å². The zero-order valence-electron chi connectivity index (χ0n) is 9.82. The molecule has 2 heterocycles. The van der Waals surface area contributed by atoms with Crippen LogP contribution in [-0.2, 0) is 4.74 Å².